The van der Waals surface area contributed by atoms with Gasteiger partial charge in [0.05, 0.1) is 6.61 Å². The SMILES string of the molecule is CC(C)[Si]1(C(C)C)OC[C@@H]2O[C@H](n3cnc(C(N)=O)n3)[C@@H](O)[C@H]2O[Si](C(C)C)(C(C)C)O1. The van der Waals surface area contributed by atoms with Crippen LogP contribution in [0.15, 0.2) is 6.33 Å². The predicted molar refractivity (Wildman–Crippen MR) is 122 cm³/mol. The summed E-state index contributed by atoms with van der Waals surface area (Å²) in [6.07, 6.45) is -1.72. The third-order valence-electron chi connectivity index (χ3n) is 6.63. The van der Waals surface area contributed by atoms with Crippen molar-refractivity contribution in [2.45, 2.75) is 102 Å². The fourth-order valence-electron chi connectivity index (χ4n) is 4.87. The lowest BCUT2D eigenvalue weighted by atomic mass is 10.1. The Morgan fingerprint density at radius 2 is 1.66 bits per heavy atom. The fourth-order valence-corrected chi connectivity index (χ4v) is 16.1. The highest BCUT2D eigenvalue weighted by Crippen LogP contribution is 2.48. The number of primary amides is 1. The van der Waals surface area contributed by atoms with Crippen molar-refractivity contribution in [2.75, 3.05) is 6.61 Å². The Kier molecular flexibility index (Phi) is 7.35. The maximum atomic E-state index is 11.4. The van der Waals surface area contributed by atoms with E-state index in [4.69, 9.17) is 23.4 Å². The van der Waals surface area contributed by atoms with Crippen LogP contribution >= 0.6 is 0 Å². The number of hydrogen-bond acceptors (Lipinski definition) is 8. The molecule has 0 unspecified atom stereocenters. The van der Waals surface area contributed by atoms with Crippen molar-refractivity contribution in [2.24, 2.45) is 5.73 Å². The molecular weight excluding hydrogens is 448 g/mol. The molecule has 0 spiro atoms. The molecule has 3 heterocycles. The zero-order valence-corrected chi connectivity index (χ0v) is 22.3. The lowest BCUT2D eigenvalue weighted by molar-refractivity contribution is -0.0631. The second-order valence-corrected chi connectivity index (χ2v) is 18.9. The number of ether oxygens (including phenoxy) is 1. The van der Waals surface area contributed by atoms with E-state index in [1.807, 2.05) is 0 Å². The van der Waals surface area contributed by atoms with Gasteiger partial charge < -0.3 is 28.5 Å². The number of carbonyl (C=O) groups excluding carboxylic acids is 1. The molecule has 2 aliphatic heterocycles. The number of aliphatic hydroxyl groups is 1. The summed E-state index contributed by atoms with van der Waals surface area (Å²) in [6, 6.07) is 0. The predicted octanol–water partition coefficient (Wildman–Crippen LogP) is 2.59. The van der Waals surface area contributed by atoms with Gasteiger partial charge in [-0.3, -0.25) is 4.79 Å². The molecule has 2 saturated heterocycles. The molecule has 2 aliphatic rings. The van der Waals surface area contributed by atoms with Gasteiger partial charge in [-0.1, -0.05) is 55.4 Å². The quantitative estimate of drug-likeness (QED) is 0.587. The molecular formula is C20H38N4O6Si2. The van der Waals surface area contributed by atoms with Gasteiger partial charge in [-0.15, -0.1) is 5.10 Å². The van der Waals surface area contributed by atoms with Crippen molar-refractivity contribution >= 4 is 23.0 Å². The van der Waals surface area contributed by atoms with Crippen LogP contribution in [-0.4, -0.2) is 67.8 Å². The molecule has 12 heteroatoms. The first-order valence-corrected chi connectivity index (χ1v) is 15.4. The van der Waals surface area contributed by atoms with E-state index in [0.29, 0.717) is 0 Å². The lowest BCUT2D eigenvalue weighted by Crippen LogP contribution is -2.65. The largest absolute Gasteiger partial charge is 0.414 e. The van der Waals surface area contributed by atoms with Gasteiger partial charge in [0.25, 0.3) is 5.91 Å². The topological polar surface area (TPSA) is 131 Å². The van der Waals surface area contributed by atoms with Crippen LogP contribution in [-0.2, 0) is 17.7 Å². The Bertz CT molecular complexity index is 802. The van der Waals surface area contributed by atoms with Gasteiger partial charge in [0.15, 0.2) is 6.23 Å². The van der Waals surface area contributed by atoms with Gasteiger partial charge in [0.1, 0.15) is 24.6 Å². The minimum atomic E-state index is -2.87. The summed E-state index contributed by atoms with van der Waals surface area (Å²) in [5.41, 5.74) is 5.96. The summed E-state index contributed by atoms with van der Waals surface area (Å²) in [7, 11) is -5.57. The maximum Gasteiger partial charge on any atom is 0.335 e. The van der Waals surface area contributed by atoms with Crippen molar-refractivity contribution in [1.82, 2.24) is 14.8 Å². The van der Waals surface area contributed by atoms with Crippen LogP contribution in [0.3, 0.4) is 0 Å². The molecule has 3 N–H and O–H groups in total. The lowest BCUT2D eigenvalue weighted by Gasteiger charge is -2.51. The Morgan fingerprint density at radius 1 is 1.09 bits per heavy atom. The molecule has 1 aromatic heterocycles. The third kappa shape index (κ3) is 4.21. The minimum absolute atomic E-state index is 0.133. The fraction of sp³-hybridized carbons (Fsp3) is 0.850. The first-order chi connectivity index (χ1) is 14.9. The zero-order chi connectivity index (χ0) is 24.0. The van der Waals surface area contributed by atoms with Crippen molar-refractivity contribution in [3.8, 4) is 0 Å². The molecule has 2 fully saturated rings. The minimum Gasteiger partial charge on any atom is -0.414 e. The molecule has 0 aromatic carbocycles. The number of hydrogen-bond donors (Lipinski definition) is 2. The molecule has 0 radical (unpaired) electrons. The highest BCUT2D eigenvalue weighted by molar-refractivity contribution is 6.83. The second kappa shape index (κ2) is 9.24. The Morgan fingerprint density at radius 3 is 2.12 bits per heavy atom. The first kappa shape index (κ1) is 25.5. The van der Waals surface area contributed by atoms with E-state index < -0.39 is 47.6 Å². The summed E-state index contributed by atoms with van der Waals surface area (Å²) < 4.78 is 28.1. The van der Waals surface area contributed by atoms with Crippen molar-refractivity contribution < 1.29 is 27.6 Å². The molecule has 0 saturated carbocycles. The van der Waals surface area contributed by atoms with Gasteiger partial charge >= 0.3 is 17.1 Å². The number of nitrogens with zero attached hydrogens (tertiary/aromatic N) is 3. The number of nitrogens with two attached hydrogens (primary N) is 1. The smallest absolute Gasteiger partial charge is 0.335 e. The van der Waals surface area contributed by atoms with Gasteiger partial charge in [-0.05, 0) is 22.2 Å². The molecule has 3 rings (SSSR count). The molecule has 4 atom stereocenters. The zero-order valence-electron chi connectivity index (χ0n) is 20.3. The summed E-state index contributed by atoms with van der Waals surface area (Å²) in [4.78, 5) is 15.3. The third-order valence-corrected chi connectivity index (χ3v) is 16.9. The highest BCUT2D eigenvalue weighted by Gasteiger charge is 2.61. The first-order valence-electron chi connectivity index (χ1n) is 11.4. The molecule has 0 bridgehead atoms. The van der Waals surface area contributed by atoms with Gasteiger partial charge in [0, 0.05) is 0 Å². The molecule has 182 valence electrons. The Balaban J connectivity index is 2.03. The highest BCUT2D eigenvalue weighted by atomic mass is 28.5. The molecule has 32 heavy (non-hydrogen) atoms. The molecule has 1 aromatic rings. The average molecular weight is 487 g/mol. The monoisotopic (exact) mass is 486 g/mol. The Hall–Kier alpha value is -1.16. The van der Waals surface area contributed by atoms with Crippen molar-refractivity contribution in [1.29, 1.82) is 0 Å². The van der Waals surface area contributed by atoms with E-state index in [0.717, 1.165) is 0 Å². The summed E-state index contributed by atoms with van der Waals surface area (Å²) in [5.74, 6) is -0.879. The number of fused-ring (bicyclic) bond motifs is 1. The summed E-state index contributed by atoms with van der Waals surface area (Å²) in [5, 5.41) is 15.3. The molecule has 0 aliphatic carbocycles. The number of amides is 1. The van der Waals surface area contributed by atoms with E-state index in [-0.39, 0.29) is 34.6 Å². The maximum absolute atomic E-state index is 11.4. The van der Waals surface area contributed by atoms with Crippen LogP contribution < -0.4 is 5.73 Å². The van der Waals surface area contributed by atoms with Gasteiger partial charge in [-0.25, -0.2) is 9.67 Å². The van der Waals surface area contributed by atoms with Crippen molar-refractivity contribution in [3.05, 3.63) is 12.2 Å². The average Bonchev–Trinajstić information content (AvgIpc) is 3.27. The van der Waals surface area contributed by atoms with Crippen LogP contribution in [0.2, 0.25) is 22.2 Å². The van der Waals surface area contributed by atoms with E-state index >= 15 is 0 Å². The normalized spacial score (nSPS) is 30.0. The van der Waals surface area contributed by atoms with Crippen molar-refractivity contribution in [3.63, 3.8) is 0 Å². The second-order valence-electron chi connectivity index (χ2n) is 10.0. The number of aromatic nitrogens is 3. The standard InChI is InChI=1S/C20H38N4O6Si2/c1-11(2)31(12(3)4)27-9-15-17(29-32(30-31,13(5)6)14(7)8)16(25)20(28-15)24-10-22-19(23-24)18(21)26/h10-17,20,25H,9H2,1-8H3,(H2,21,26)/t15-,16-,17-,20-/m0/s1. The summed E-state index contributed by atoms with van der Waals surface area (Å²) in [6.45, 7) is 17.4. The van der Waals surface area contributed by atoms with Crippen LogP contribution in [0.25, 0.3) is 0 Å². The van der Waals surface area contributed by atoms with Gasteiger partial charge in [0.2, 0.25) is 5.82 Å². The van der Waals surface area contributed by atoms with Crippen LogP contribution in [0.5, 0.6) is 0 Å². The number of rotatable bonds is 6. The van der Waals surface area contributed by atoms with Gasteiger partial charge in [-0.2, -0.15) is 0 Å². The van der Waals surface area contributed by atoms with E-state index in [1.54, 1.807) is 0 Å². The van der Waals surface area contributed by atoms with Crippen LogP contribution in [0, 0.1) is 0 Å². The summed E-state index contributed by atoms with van der Waals surface area (Å²) >= 11 is 0. The molecule has 1 amide bonds. The van der Waals surface area contributed by atoms with E-state index in [1.165, 1.54) is 11.0 Å². The number of aliphatic hydroxyl groups excluding tert-OH is 1. The molecule has 10 nitrogen and oxygen atoms in total. The van der Waals surface area contributed by atoms with E-state index in [9.17, 15) is 9.90 Å². The van der Waals surface area contributed by atoms with Crippen LogP contribution in [0.4, 0.5) is 0 Å². The Labute approximate surface area is 192 Å². The van der Waals surface area contributed by atoms with E-state index in [2.05, 4.69) is 65.5 Å². The van der Waals surface area contributed by atoms with Crippen LogP contribution in [0.1, 0.15) is 72.2 Å². The number of carbonyl (C=O) groups is 1.